The Morgan fingerprint density at radius 1 is 1.45 bits per heavy atom. The van der Waals surface area contributed by atoms with Gasteiger partial charge in [0, 0.05) is 13.1 Å². The zero-order valence-electron chi connectivity index (χ0n) is 7.19. The molecule has 1 rings (SSSR count). The zero-order valence-corrected chi connectivity index (χ0v) is 7.19. The molecule has 0 atom stereocenters. The second kappa shape index (κ2) is 4.20. The molecule has 0 aromatic carbocycles. The summed E-state index contributed by atoms with van der Waals surface area (Å²) in [5.74, 6) is 5.99. The van der Waals surface area contributed by atoms with Gasteiger partial charge in [0.2, 0.25) is 0 Å². The fourth-order valence-electron chi connectivity index (χ4n) is 1.22. The highest BCUT2D eigenvalue weighted by Gasteiger charge is 2.10. The van der Waals surface area contributed by atoms with Gasteiger partial charge in [-0.2, -0.15) is 0 Å². The van der Waals surface area contributed by atoms with Crippen LogP contribution in [-0.2, 0) is 0 Å². The Balaban J connectivity index is 2.26. The van der Waals surface area contributed by atoms with Crippen molar-refractivity contribution in [2.45, 2.75) is 19.8 Å². The summed E-state index contributed by atoms with van der Waals surface area (Å²) in [6, 6.07) is 0. The van der Waals surface area contributed by atoms with Crippen LogP contribution in [-0.4, -0.2) is 24.5 Å². The van der Waals surface area contributed by atoms with E-state index in [1.807, 2.05) is 6.92 Å². The van der Waals surface area contributed by atoms with Crippen molar-refractivity contribution >= 4 is 0 Å². The summed E-state index contributed by atoms with van der Waals surface area (Å²) in [6.07, 6.45) is 2.32. The second-order valence-electron chi connectivity index (χ2n) is 2.95. The maximum atomic E-state index is 3.97. The predicted molar refractivity (Wildman–Crippen MR) is 48.3 cm³/mol. The molecular weight excluding hydrogens is 134 g/mol. The minimum atomic E-state index is 0.934. The van der Waals surface area contributed by atoms with E-state index < -0.39 is 0 Å². The van der Waals surface area contributed by atoms with E-state index in [1.165, 1.54) is 5.57 Å². The summed E-state index contributed by atoms with van der Waals surface area (Å²) < 4.78 is 0. The van der Waals surface area contributed by atoms with Gasteiger partial charge >= 0.3 is 0 Å². The van der Waals surface area contributed by atoms with Crippen LogP contribution >= 0.6 is 0 Å². The molecule has 60 valence electrons. The molecule has 1 heterocycles. The van der Waals surface area contributed by atoms with Crippen molar-refractivity contribution in [1.82, 2.24) is 4.90 Å². The highest BCUT2D eigenvalue weighted by atomic mass is 15.1. The minimum absolute atomic E-state index is 0.934. The van der Waals surface area contributed by atoms with Gasteiger partial charge in [0.05, 0.1) is 6.54 Å². The molecule has 0 aromatic heterocycles. The van der Waals surface area contributed by atoms with Crippen molar-refractivity contribution in [3.05, 3.63) is 12.2 Å². The van der Waals surface area contributed by atoms with Crippen molar-refractivity contribution in [2.24, 2.45) is 0 Å². The van der Waals surface area contributed by atoms with Crippen molar-refractivity contribution in [2.75, 3.05) is 19.6 Å². The number of hydrogen-bond acceptors (Lipinski definition) is 1. The third-order valence-corrected chi connectivity index (χ3v) is 2.04. The van der Waals surface area contributed by atoms with Gasteiger partial charge in [-0.3, -0.25) is 4.90 Å². The van der Waals surface area contributed by atoms with E-state index in [2.05, 4.69) is 23.3 Å². The lowest BCUT2D eigenvalue weighted by Gasteiger charge is -2.25. The average Bonchev–Trinajstić information content (AvgIpc) is 2.04. The van der Waals surface area contributed by atoms with Crippen LogP contribution in [0.15, 0.2) is 12.2 Å². The molecule has 0 aromatic rings. The Bertz CT molecular complexity index is 185. The molecule has 11 heavy (non-hydrogen) atoms. The van der Waals surface area contributed by atoms with Gasteiger partial charge < -0.3 is 0 Å². The minimum Gasteiger partial charge on any atom is -0.292 e. The van der Waals surface area contributed by atoms with Gasteiger partial charge in [-0.25, -0.2) is 0 Å². The van der Waals surface area contributed by atoms with Gasteiger partial charge in [0.25, 0.3) is 0 Å². The van der Waals surface area contributed by atoms with Crippen molar-refractivity contribution < 1.29 is 0 Å². The Morgan fingerprint density at radius 2 is 2.09 bits per heavy atom. The molecule has 0 unspecified atom stereocenters. The van der Waals surface area contributed by atoms with E-state index in [9.17, 15) is 0 Å². The summed E-state index contributed by atoms with van der Waals surface area (Å²) >= 11 is 0. The van der Waals surface area contributed by atoms with Gasteiger partial charge in [0.1, 0.15) is 0 Å². The van der Waals surface area contributed by atoms with Crippen LogP contribution in [0.2, 0.25) is 0 Å². The molecule has 1 nitrogen and oxygen atoms in total. The lowest BCUT2D eigenvalue weighted by atomic mass is 10.1. The summed E-state index contributed by atoms with van der Waals surface area (Å²) in [7, 11) is 0. The molecule has 1 aliphatic rings. The number of likely N-dealkylation sites (tertiary alicyclic amines) is 1. The third-order valence-electron chi connectivity index (χ3n) is 2.04. The van der Waals surface area contributed by atoms with Crippen LogP contribution in [0.25, 0.3) is 0 Å². The Kier molecular flexibility index (Phi) is 3.19. The molecule has 0 spiro atoms. The molecule has 1 saturated heterocycles. The largest absolute Gasteiger partial charge is 0.292 e. The third kappa shape index (κ3) is 2.78. The first kappa shape index (κ1) is 8.36. The molecule has 1 heteroatoms. The van der Waals surface area contributed by atoms with Crippen molar-refractivity contribution in [1.29, 1.82) is 0 Å². The van der Waals surface area contributed by atoms with E-state index in [0.717, 1.165) is 32.5 Å². The SMILES string of the molecule is C=C1CCN(CC#CC)CC1. The van der Waals surface area contributed by atoms with E-state index in [1.54, 1.807) is 0 Å². The van der Waals surface area contributed by atoms with E-state index in [-0.39, 0.29) is 0 Å². The number of piperidine rings is 1. The fourth-order valence-corrected chi connectivity index (χ4v) is 1.22. The van der Waals surface area contributed by atoms with Gasteiger partial charge in [-0.05, 0) is 19.8 Å². The van der Waals surface area contributed by atoms with Crippen molar-refractivity contribution in [3.8, 4) is 11.8 Å². The highest BCUT2D eigenvalue weighted by Crippen LogP contribution is 2.12. The van der Waals surface area contributed by atoms with E-state index in [0.29, 0.717) is 0 Å². The lowest BCUT2D eigenvalue weighted by molar-refractivity contribution is 0.287. The molecule has 1 aliphatic heterocycles. The molecule has 1 fully saturated rings. The smallest absolute Gasteiger partial charge is 0.0601 e. The zero-order chi connectivity index (χ0) is 8.10. The number of nitrogens with zero attached hydrogens (tertiary/aromatic N) is 1. The number of rotatable bonds is 1. The fraction of sp³-hybridized carbons (Fsp3) is 0.600. The maximum absolute atomic E-state index is 3.97. The lowest BCUT2D eigenvalue weighted by Crippen LogP contribution is -2.30. The predicted octanol–water partition coefficient (Wildman–Crippen LogP) is 1.66. The first-order valence-corrected chi connectivity index (χ1v) is 4.11. The summed E-state index contributed by atoms with van der Waals surface area (Å²) in [5, 5.41) is 0. The van der Waals surface area contributed by atoms with Crippen molar-refractivity contribution in [3.63, 3.8) is 0 Å². The monoisotopic (exact) mass is 149 g/mol. The van der Waals surface area contributed by atoms with Gasteiger partial charge in [0.15, 0.2) is 0 Å². The first-order chi connectivity index (χ1) is 5.33. The topological polar surface area (TPSA) is 3.24 Å². The molecule has 0 aliphatic carbocycles. The highest BCUT2D eigenvalue weighted by molar-refractivity contribution is 5.03. The summed E-state index contributed by atoms with van der Waals surface area (Å²) in [4.78, 5) is 2.38. The van der Waals surface area contributed by atoms with Crippen LogP contribution < -0.4 is 0 Å². The first-order valence-electron chi connectivity index (χ1n) is 4.11. The van der Waals surface area contributed by atoms with Crippen LogP contribution in [0, 0.1) is 11.8 Å². The Labute approximate surface area is 69.1 Å². The summed E-state index contributed by atoms with van der Waals surface area (Å²) in [6.45, 7) is 9.08. The molecule has 0 bridgehead atoms. The second-order valence-corrected chi connectivity index (χ2v) is 2.95. The molecule has 0 N–H and O–H groups in total. The van der Waals surface area contributed by atoms with Crippen LogP contribution in [0.4, 0.5) is 0 Å². The van der Waals surface area contributed by atoms with Crippen LogP contribution in [0.1, 0.15) is 19.8 Å². The number of hydrogen-bond donors (Lipinski definition) is 0. The Hall–Kier alpha value is -0.740. The summed E-state index contributed by atoms with van der Waals surface area (Å²) in [5.41, 5.74) is 1.39. The normalized spacial score (nSPS) is 19.2. The van der Waals surface area contributed by atoms with E-state index in [4.69, 9.17) is 0 Å². The quantitative estimate of drug-likeness (QED) is 0.405. The molecular formula is C10H15N. The maximum Gasteiger partial charge on any atom is 0.0601 e. The molecule has 0 amide bonds. The molecule has 0 radical (unpaired) electrons. The average molecular weight is 149 g/mol. The standard InChI is InChI=1S/C10H15N/c1-3-4-7-11-8-5-10(2)6-9-11/h2,5-9H2,1H3. The Morgan fingerprint density at radius 3 is 2.64 bits per heavy atom. The van der Waals surface area contributed by atoms with Gasteiger partial charge in [-0.1, -0.05) is 18.1 Å². The molecule has 0 saturated carbocycles. The van der Waals surface area contributed by atoms with Crippen LogP contribution in [0.5, 0.6) is 0 Å². The van der Waals surface area contributed by atoms with Gasteiger partial charge in [-0.15, -0.1) is 5.92 Å². The van der Waals surface area contributed by atoms with E-state index >= 15 is 0 Å². The van der Waals surface area contributed by atoms with Crippen LogP contribution in [0.3, 0.4) is 0 Å².